The molecule has 0 spiro atoms. The van der Waals surface area contributed by atoms with Crippen LogP contribution in [0, 0.1) is 0 Å². The van der Waals surface area contributed by atoms with Crippen molar-refractivity contribution in [3.63, 3.8) is 0 Å². The van der Waals surface area contributed by atoms with E-state index in [4.69, 9.17) is 5.73 Å². The molecule has 8 nitrogen and oxygen atoms in total. The third-order valence-corrected chi connectivity index (χ3v) is 5.60. The van der Waals surface area contributed by atoms with Crippen LogP contribution >= 0.6 is 0 Å². The van der Waals surface area contributed by atoms with E-state index < -0.39 is 17.8 Å². The molecular weight excluding hydrogens is 435 g/mol. The van der Waals surface area contributed by atoms with Crippen molar-refractivity contribution >= 4 is 28.6 Å². The number of fused-ring (bicyclic) bond motifs is 3. The number of alkyl halides is 3. The van der Waals surface area contributed by atoms with Crippen LogP contribution in [0.4, 0.5) is 24.8 Å². The number of halogens is 3. The first-order valence-electron chi connectivity index (χ1n) is 10.2. The summed E-state index contributed by atoms with van der Waals surface area (Å²) in [5.74, 6) is -0.0493. The first-order chi connectivity index (χ1) is 15.8. The van der Waals surface area contributed by atoms with E-state index in [1.54, 1.807) is 0 Å². The molecule has 3 N–H and O–H groups in total. The van der Waals surface area contributed by atoms with Crippen molar-refractivity contribution in [2.45, 2.75) is 31.9 Å². The Morgan fingerprint density at radius 2 is 1.85 bits per heavy atom. The Bertz CT molecular complexity index is 1350. The van der Waals surface area contributed by atoms with Gasteiger partial charge in [-0.1, -0.05) is 12.1 Å². The van der Waals surface area contributed by atoms with E-state index in [1.165, 1.54) is 17.6 Å². The van der Waals surface area contributed by atoms with Gasteiger partial charge in [-0.25, -0.2) is 9.97 Å². The molecule has 1 aliphatic rings. The minimum absolute atomic E-state index is 0.0266. The summed E-state index contributed by atoms with van der Waals surface area (Å²) in [7, 11) is 0. The Labute approximate surface area is 185 Å². The highest BCUT2D eigenvalue weighted by Crippen LogP contribution is 2.36. The van der Waals surface area contributed by atoms with E-state index >= 15 is 0 Å². The van der Waals surface area contributed by atoms with Crippen molar-refractivity contribution < 1.29 is 18.0 Å². The lowest BCUT2D eigenvalue weighted by molar-refractivity contribution is -0.141. The maximum absolute atomic E-state index is 12.6. The van der Waals surface area contributed by atoms with Gasteiger partial charge in [-0.05, 0) is 54.7 Å². The average Bonchev–Trinajstić information content (AvgIpc) is 3.36. The molecule has 0 bridgehead atoms. The second-order valence-electron chi connectivity index (χ2n) is 7.76. The smallest absolute Gasteiger partial charge is 0.382 e. The van der Waals surface area contributed by atoms with E-state index in [1.807, 2.05) is 24.3 Å². The van der Waals surface area contributed by atoms with Crippen molar-refractivity contribution in [2.24, 2.45) is 0 Å². The third-order valence-electron chi connectivity index (χ3n) is 5.60. The molecule has 5 rings (SSSR count). The van der Waals surface area contributed by atoms with Crippen LogP contribution in [-0.4, -0.2) is 30.6 Å². The van der Waals surface area contributed by atoms with E-state index in [-0.39, 0.29) is 12.2 Å². The van der Waals surface area contributed by atoms with Gasteiger partial charge in [-0.15, -0.1) is 10.2 Å². The van der Waals surface area contributed by atoms with Crippen LogP contribution < -0.4 is 11.1 Å². The molecule has 0 atom stereocenters. The molecule has 0 saturated carbocycles. The molecule has 11 heteroatoms. The lowest BCUT2D eigenvalue weighted by Crippen LogP contribution is -2.17. The average molecular weight is 453 g/mol. The monoisotopic (exact) mass is 453 g/mol. The summed E-state index contributed by atoms with van der Waals surface area (Å²) < 4.78 is 39.8. The summed E-state index contributed by atoms with van der Waals surface area (Å²) in [4.78, 5) is 20.9. The summed E-state index contributed by atoms with van der Waals surface area (Å²) in [6.07, 6.45) is -0.166. The first kappa shape index (κ1) is 20.9. The molecule has 3 aromatic heterocycles. The van der Waals surface area contributed by atoms with Gasteiger partial charge >= 0.3 is 6.18 Å². The molecule has 0 unspecified atom stereocenters. The zero-order chi connectivity index (χ0) is 23.2. The van der Waals surface area contributed by atoms with Gasteiger partial charge in [-0.2, -0.15) is 13.2 Å². The topological polar surface area (TPSA) is 112 Å². The first-order valence-corrected chi connectivity index (χ1v) is 10.2. The lowest BCUT2D eigenvalue weighted by atomic mass is 10.1. The SMILES string of the molecule is Nc1ncnc2c3c(n(-c4ccc(CC(=O)Nc5ccc(C(F)(F)F)nn5)cc4)c12)CCC3. The summed E-state index contributed by atoms with van der Waals surface area (Å²) in [5.41, 5.74) is 10.7. The summed E-state index contributed by atoms with van der Waals surface area (Å²) in [6, 6.07) is 9.27. The number of amides is 1. The highest BCUT2D eigenvalue weighted by molar-refractivity contribution is 5.92. The van der Waals surface area contributed by atoms with Gasteiger partial charge in [0.25, 0.3) is 0 Å². The largest absolute Gasteiger partial charge is 0.435 e. The number of nitrogens with zero attached hydrogens (tertiary/aromatic N) is 5. The van der Waals surface area contributed by atoms with Crippen LogP contribution in [0.15, 0.2) is 42.7 Å². The maximum atomic E-state index is 12.6. The van der Waals surface area contributed by atoms with E-state index in [0.717, 1.165) is 53.7 Å². The zero-order valence-electron chi connectivity index (χ0n) is 17.2. The van der Waals surface area contributed by atoms with Gasteiger partial charge in [-0.3, -0.25) is 4.79 Å². The molecule has 0 saturated heterocycles. The van der Waals surface area contributed by atoms with Crippen molar-refractivity contribution in [3.8, 4) is 5.69 Å². The van der Waals surface area contributed by atoms with Gasteiger partial charge in [0.15, 0.2) is 17.3 Å². The second kappa shape index (κ2) is 7.84. The fraction of sp³-hybridized carbons (Fsp3) is 0.227. The highest BCUT2D eigenvalue weighted by Gasteiger charge is 2.33. The number of rotatable bonds is 4. The molecule has 1 aromatic carbocycles. The fourth-order valence-electron chi connectivity index (χ4n) is 4.17. The fourth-order valence-corrected chi connectivity index (χ4v) is 4.17. The van der Waals surface area contributed by atoms with Crippen LogP contribution in [0.5, 0.6) is 0 Å². The Kier molecular flexibility index (Phi) is 4.95. The predicted octanol–water partition coefficient (Wildman–Crippen LogP) is 3.48. The molecular formula is C22H18F3N7O. The molecule has 0 radical (unpaired) electrons. The van der Waals surface area contributed by atoms with E-state index in [0.29, 0.717) is 5.82 Å². The summed E-state index contributed by atoms with van der Waals surface area (Å²) in [5, 5.41) is 8.97. The quantitative estimate of drug-likeness (QED) is 0.489. The lowest BCUT2D eigenvalue weighted by Gasteiger charge is -2.11. The van der Waals surface area contributed by atoms with Crippen molar-refractivity contribution in [2.75, 3.05) is 11.1 Å². The third kappa shape index (κ3) is 3.86. The number of aryl methyl sites for hydroxylation is 1. The minimum Gasteiger partial charge on any atom is -0.382 e. The molecule has 4 aromatic rings. The Hall–Kier alpha value is -4.02. The normalized spacial score (nSPS) is 13.3. The number of nitrogen functional groups attached to an aromatic ring is 1. The number of carbonyl (C=O) groups is 1. The van der Waals surface area contributed by atoms with E-state index in [9.17, 15) is 18.0 Å². The standard InChI is InChI=1S/C22H18F3N7O/c23-22(24,25)16-8-9-17(31-30-16)29-18(33)10-12-4-6-13(7-5-12)32-15-3-1-2-14(15)19-20(32)21(26)28-11-27-19/h4-9,11H,1-3,10H2,(H2,26,27,28)(H,29,31,33). The number of nitrogens with two attached hydrogens (primary N) is 1. The van der Waals surface area contributed by atoms with Gasteiger partial charge in [0.2, 0.25) is 5.91 Å². The minimum atomic E-state index is -4.58. The molecule has 3 heterocycles. The number of nitrogens with one attached hydrogen (secondary N) is 1. The molecule has 1 aliphatic carbocycles. The van der Waals surface area contributed by atoms with Crippen LogP contribution in [0.1, 0.15) is 28.9 Å². The highest BCUT2D eigenvalue weighted by atomic mass is 19.4. The van der Waals surface area contributed by atoms with Crippen molar-refractivity contribution in [1.82, 2.24) is 24.7 Å². The number of carbonyl (C=O) groups excluding carboxylic acids is 1. The van der Waals surface area contributed by atoms with E-state index in [2.05, 4.69) is 30.0 Å². The van der Waals surface area contributed by atoms with Gasteiger partial charge < -0.3 is 15.6 Å². The molecule has 33 heavy (non-hydrogen) atoms. The maximum Gasteiger partial charge on any atom is 0.435 e. The van der Waals surface area contributed by atoms with Crippen LogP contribution in [0.25, 0.3) is 16.7 Å². The van der Waals surface area contributed by atoms with Crippen molar-refractivity contribution in [3.05, 3.63) is 65.2 Å². The van der Waals surface area contributed by atoms with Crippen molar-refractivity contribution in [1.29, 1.82) is 0 Å². The number of benzene rings is 1. The van der Waals surface area contributed by atoms with Gasteiger partial charge in [0.1, 0.15) is 11.8 Å². The Balaban J connectivity index is 1.34. The number of aromatic nitrogens is 5. The van der Waals surface area contributed by atoms with Crippen LogP contribution in [-0.2, 0) is 30.2 Å². The number of hydrogen-bond acceptors (Lipinski definition) is 6. The summed E-state index contributed by atoms with van der Waals surface area (Å²) in [6.45, 7) is 0. The Morgan fingerprint density at radius 1 is 1.06 bits per heavy atom. The molecule has 0 aliphatic heterocycles. The summed E-state index contributed by atoms with van der Waals surface area (Å²) >= 11 is 0. The Morgan fingerprint density at radius 3 is 2.55 bits per heavy atom. The zero-order valence-corrected chi connectivity index (χ0v) is 17.2. The molecule has 168 valence electrons. The van der Waals surface area contributed by atoms with Crippen LogP contribution in [0.3, 0.4) is 0 Å². The van der Waals surface area contributed by atoms with Gasteiger partial charge in [0, 0.05) is 11.4 Å². The van der Waals surface area contributed by atoms with Crippen LogP contribution in [0.2, 0.25) is 0 Å². The number of anilines is 2. The predicted molar refractivity (Wildman–Crippen MR) is 115 cm³/mol. The number of hydrogen-bond donors (Lipinski definition) is 2. The second-order valence-corrected chi connectivity index (χ2v) is 7.76. The van der Waals surface area contributed by atoms with Gasteiger partial charge in [0.05, 0.1) is 11.9 Å². The molecule has 1 amide bonds. The molecule has 0 fully saturated rings.